The van der Waals surface area contributed by atoms with Gasteiger partial charge in [-0.1, -0.05) is 12.1 Å². The molecule has 0 spiro atoms. The van der Waals surface area contributed by atoms with Crippen LogP contribution in [0.25, 0.3) is 16.9 Å². The summed E-state index contributed by atoms with van der Waals surface area (Å²) in [5.41, 5.74) is 0.997. The summed E-state index contributed by atoms with van der Waals surface area (Å²) in [4.78, 5) is 11.5. The molecule has 0 aliphatic rings. The summed E-state index contributed by atoms with van der Waals surface area (Å²) in [7, 11) is 0. The molecule has 0 saturated carbocycles. The fourth-order valence-electron chi connectivity index (χ4n) is 2.45. The lowest BCUT2D eigenvalue weighted by molar-refractivity contribution is -0.141. The molecule has 0 fully saturated rings. The van der Waals surface area contributed by atoms with Gasteiger partial charge in [0.1, 0.15) is 0 Å². The number of benzene rings is 2. The molecule has 2 aromatic carbocycles. The van der Waals surface area contributed by atoms with Gasteiger partial charge in [-0.25, -0.2) is 4.68 Å². The second-order valence-corrected chi connectivity index (χ2v) is 6.24. The van der Waals surface area contributed by atoms with Crippen molar-refractivity contribution in [1.29, 1.82) is 0 Å². The minimum atomic E-state index is -4.54. The highest BCUT2D eigenvalue weighted by Gasteiger charge is 2.35. The highest BCUT2D eigenvalue weighted by molar-refractivity contribution is 7.98. The lowest BCUT2D eigenvalue weighted by atomic mass is 10.1. The molecule has 1 amide bonds. The van der Waals surface area contributed by atoms with Crippen molar-refractivity contribution in [2.24, 2.45) is 0 Å². The van der Waals surface area contributed by atoms with Crippen molar-refractivity contribution in [3.8, 4) is 16.9 Å². The standard InChI is InChI=1S/C18H14F3N3OS/c1-26-15-8-2-12(3-9-15)16-10-17(18(19,20)21)23-24(16)14-6-4-13(5-7-14)22-11-25/h2-11H,1H3,(H,22,25). The van der Waals surface area contributed by atoms with E-state index in [0.29, 0.717) is 29.0 Å². The van der Waals surface area contributed by atoms with Crippen molar-refractivity contribution in [2.75, 3.05) is 11.6 Å². The van der Waals surface area contributed by atoms with Gasteiger partial charge in [0.25, 0.3) is 0 Å². The van der Waals surface area contributed by atoms with Crippen LogP contribution in [0.5, 0.6) is 0 Å². The molecule has 0 aliphatic heterocycles. The molecule has 0 radical (unpaired) electrons. The highest BCUT2D eigenvalue weighted by Crippen LogP contribution is 2.33. The van der Waals surface area contributed by atoms with Crippen molar-refractivity contribution in [1.82, 2.24) is 9.78 Å². The van der Waals surface area contributed by atoms with Crippen LogP contribution in [-0.2, 0) is 11.0 Å². The second kappa shape index (κ2) is 7.25. The SMILES string of the molecule is CSc1ccc(-c2cc(C(F)(F)F)nn2-c2ccc(NC=O)cc2)cc1. The first-order chi connectivity index (χ1) is 12.4. The normalized spacial score (nSPS) is 11.4. The first-order valence-electron chi connectivity index (χ1n) is 7.54. The summed E-state index contributed by atoms with van der Waals surface area (Å²) < 4.78 is 40.8. The number of carbonyl (C=O) groups is 1. The summed E-state index contributed by atoms with van der Waals surface area (Å²) in [5.74, 6) is 0. The molecule has 1 heterocycles. The quantitative estimate of drug-likeness (QED) is 0.511. The van der Waals surface area contributed by atoms with E-state index in [1.165, 1.54) is 4.68 Å². The Balaban J connectivity index is 2.09. The van der Waals surface area contributed by atoms with Crippen LogP contribution in [0.15, 0.2) is 59.5 Å². The van der Waals surface area contributed by atoms with Crippen LogP contribution in [0, 0.1) is 0 Å². The monoisotopic (exact) mass is 377 g/mol. The minimum absolute atomic E-state index is 0.334. The number of nitrogens with zero attached hydrogens (tertiary/aromatic N) is 2. The third-order valence-corrected chi connectivity index (χ3v) is 4.47. The van der Waals surface area contributed by atoms with Crippen LogP contribution in [0.2, 0.25) is 0 Å². The predicted molar refractivity (Wildman–Crippen MR) is 95.5 cm³/mol. The van der Waals surface area contributed by atoms with Gasteiger partial charge in [0, 0.05) is 16.1 Å². The second-order valence-electron chi connectivity index (χ2n) is 5.36. The fourth-order valence-corrected chi connectivity index (χ4v) is 2.86. The maximum Gasteiger partial charge on any atom is 0.435 e. The highest BCUT2D eigenvalue weighted by atomic mass is 32.2. The van der Waals surface area contributed by atoms with E-state index < -0.39 is 11.9 Å². The number of hydrogen-bond donors (Lipinski definition) is 1. The van der Waals surface area contributed by atoms with Crippen LogP contribution in [0.4, 0.5) is 18.9 Å². The van der Waals surface area contributed by atoms with Gasteiger partial charge in [-0.05, 0) is 48.7 Å². The number of hydrogen-bond acceptors (Lipinski definition) is 3. The van der Waals surface area contributed by atoms with Crippen LogP contribution in [-0.4, -0.2) is 22.4 Å². The third kappa shape index (κ3) is 3.75. The molecule has 0 unspecified atom stereocenters. The Bertz CT molecular complexity index is 903. The molecule has 3 rings (SSSR count). The molecule has 1 aromatic heterocycles. The molecule has 4 nitrogen and oxygen atoms in total. The first kappa shape index (κ1) is 18.1. The molecule has 3 aromatic rings. The number of carbonyl (C=O) groups excluding carboxylic acids is 1. The van der Waals surface area contributed by atoms with Crippen molar-refractivity contribution >= 4 is 23.9 Å². The van der Waals surface area contributed by atoms with Crippen molar-refractivity contribution in [2.45, 2.75) is 11.1 Å². The minimum Gasteiger partial charge on any atom is -0.329 e. The van der Waals surface area contributed by atoms with Crippen LogP contribution < -0.4 is 5.32 Å². The number of thioether (sulfide) groups is 1. The van der Waals surface area contributed by atoms with Crippen LogP contribution in [0.1, 0.15) is 5.69 Å². The van der Waals surface area contributed by atoms with Gasteiger partial charge >= 0.3 is 6.18 Å². The zero-order valence-corrected chi connectivity index (χ0v) is 14.4. The molecule has 0 saturated heterocycles. The van der Waals surface area contributed by atoms with Crippen LogP contribution in [0.3, 0.4) is 0 Å². The van der Waals surface area contributed by atoms with Crippen LogP contribution >= 0.6 is 11.8 Å². The van der Waals surface area contributed by atoms with E-state index in [-0.39, 0.29) is 0 Å². The molecule has 0 atom stereocenters. The average molecular weight is 377 g/mol. The number of alkyl halides is 3. The molecular weight excluding hydrogens is 363 g/mol. The molecule has 8 heteroatoms. The van der Waals surface area contributed by atoms with Gasteiger partial charge < -0.3 is 5.32 Å². The number of nitrogens with one attached hydrogen (secondary N) is 1. The van der Waals surface area contributed by atoms with Crippen molar-refractivity contribution in [3.05, 3.63) is 60.3 Å². The zero-order chi connectivity index (χ0) is 18.7. The molecule has 0 bridgehead atoms. The summed E-state index contributed by atoms with van der Waals surface area (Å²) >= 11 is 1.55. The Morgan fingerprint density at radius 3 is 2.27 bits per heavy atom. The van der Waals surface area contributed by atoms with Gasteiger partial charge in [0.15, 0.2) is 5.69 Å². The molecule has 0 aliphatic carbocycles. The average Bonchev–Trinajstić information content (AvgIpc) is 3.08. The molecule has 26 heavy (non-hydrogen) atoms. The van der Waals surface area contributed by atoms with E-state index >= 15 is 0 Å². The van der Waals surface area contributed by atoms with Crippen molar-refractivity contribution < 1.29 is 18.0 Å². The van der Waals surface area contributed by atoms with E-state index in [0.717, 1.165) is 11.0 Å². The van der Waals surface area contributed by atoms with E-state index in [9.17, 15) is 18.0 Å². The Morgan fingerprint density at radius 1 is 1.08 bits per heavy atom. The number of rotatable bonds is 5. The first-order valence-corrected chi connectivity index (χ1v) is 8.77. The smallest absolute Gasteiger partial charge is 0.329 e. The molecular formula is C18H14F3N3OS. The summed E-state index contributed by atoms with van der Waals surface area (Å²) in [6.45, 7) is 0. The summed E-state index contributed by atoms with van der Waals surface area (Å²) in [5, 5.41) is 6.22. The largest absolute Gasteiger partial charge is 0.435 e. The summed E-state index contributed by atoms with van der Waals surface area (Å²) in [6.07, 6.45) is -2.09. The third-order valence-electron chi connectivity index (χ3n) is 3.72. The number of anilines is 1. The molecule has 1 N–H and O–H groups in total. The topological polar surface area (TPSA) is 46.9 Å². The Hall–Kier alpha value is -2.74. The van der Waals surface area contributed by atoms with E-state index in [4.69, 9.17) is 0 Å². The van der Waals surface area contributed by atoms with E-state index in [2.05, 4.69) is 10.4 Å². The lowest BCUT2D eigenvalue weighted by Crippen LogP contribution is -2.07. The van der Waals surface area contributed by atoms with Crippen molar-refractivity contribution in [3.63, 3.8) is 0 Å². The van der Waals surface area contributed by atoms with E-state index in [1.54, 1.807) is 48.2 Å². The zero-order valence-electron chi connectivity index (χ0n) is 13.6. The molecule has 134 valence electrons. The number of halogens is 3. The fraction of sp³-hybridized carbons (Fsp3) is 0.111. The summed E-state index contributed by atoms with van der Waals surface area (Å²) in [6, 6.07) is 14.6. The maximum atomic E-state index is 13.2. The van der Waals surface area contributed by atoms with Gasteiger partial charge in [-0.15, -0.1) is 11.8 Å². The number of amides is 1. The maximum absolute atomic E-state index is 13.2. The Labute approximate surface area is 152 Å². The Kier molecular flexibility index (Phi) is 5.03. The van der Waals surface area contributed by atoms with Gasteiger partial charge in [-0.3, -0.25) is 4.79 Å². The predicted octanol–water partition coefficient (Wildman–Crippen LogP) is 4.85. The van der Waals surface area contributed by atoms with Gasteiger partial charge in [0.05, 0.1) is 11.4 Å². The van der Waals surface area contributed by atoms with E-state index in [1.807, 2.05) is 18.4 Å². The lowest BCUT2D eigenvalue weighted by Gasteiger charge is -2.09. The van der Waals surface area contributed by atoms with Gasteiger partial charge in [0.2, 0.25) is 6.41 Å². The number of aromatic nitrogens is 2. The van der Waals surface area contributed by atoms with Gasteiger partial charge in [-0.2, -0.15) is 18.3 Å². The Morgan fingerprint density at radius 2 is 1.73 bits per heavy atom.